The van der Waals surface area contributed by atoms with Gasteiger partial charge < -0.3 is 15.0 Å². The van der Waals surface area contributed by atoms with E-state index in [0.29, 0.717) is 13.0 Å². The Morgan fingerprint density at radius 3 is 2.39 bits per heavy atom. The van der Waals surface area contributed by atoms with Crippen LogP contribution >= 0.6 is 0 Å². The third kappa shape index (κ3) is 5.33. The first kappa shape index (κ1) is 16.9. The molecule has 122 valence electrons. The van der Waals surface area contributed by atoms with Gasteiger partial charge in [0.25, 0.3) is 0 Å². The number of para-hydroxylation sites is 1. The van der Waals surface area contributed by atoms with Crippen LogP contribution in [-0.4, -0.2) is 26.1 Å². The van der Waals surface area contributed by atoms with E-state index in [0.717, 1.165) is 30.1 Å². The molecular formula is C19H24N2O2. The highest BCUT2D eigenvalue weighted by Gasteiger charge is 2.07. The van der Waals surface area contributed by atoms with Gasteiger partial charge in [-0.05, 0) is 36.8 Å². The molecule has 0 bridgehead atoms. The highest BCUT2D eigenvalue weighted by molar-refractivity contribution is 5.76. The lowest BCUT2D eigenvalue weighted by Crippen LogP contribution is -2.30. The zero-order valence-corrected chi connectivity index (χ0v) is 13.8. The summed E-state index contributed by atoms with van der Waals surface area (Å²) in [6.45, 7) is 4.24. The fourth-order valence-corrected chi connectivity index (χ4v) is 2.38. The van der Waals surface area contributed by atoms with Gasteiger partial charge in [0.1, 0.15) is 5.75 Å². The number of hydrogen-bond acceptors (Lipinski definition) is 3. The first-order valence-corrected chi connectivity index (χ1v) is 7.92. The summed E-state index contributed by atoms with van der Waals surface area (Å²) < 4.78 is 5.12. The normalized spacial score (nSPS) is 10.2. The summed E-state index contributed by atoms with van der Waals surface area (Å²) in [6.07, 6.45) is 0.485. The van der Waals surface area contributed by atoms with Crippen LogP contribution in [-0.2, 0) is 11.3 Å². The molecule has 4 heteroatoms. The lowest BCUT2D eigenvalue weighted by Gasteiger charge is -2.22. The average molecular weight is 312 g/mol. The lowest BCUT2D eigenvalue weighted by molar-refractivity contribution is -0.121. The molecule has 0 aromatic heterocycles. The van der Waals surface area contributed by atoms with Crippen LogP contribution in [0.4, 0.5) is 5.69 Å². The van der Waals surface area contributed by atoms with Crippen LogP contribution < -0.4 is 15.0 Å². The molecular weight excluding hydrogens is 288 g/mol. The van der Waals surface area contributed by atoms with Gasteiger partial charge in [-0.25, -0.2) is 0 Å². The molecule has 0 aliphatic heterocycles. The van der Waals surface area contributed by atoms with E-state index in [4.69, 9.17) is 4.74 Å². The SMILES string of the molecule is CCN(CCC(=O)NCc1ccc(OC)cc1)c1ccccc1. The molecule has 1 N–H and O–H groups in total. The minimum absolute atomic E-state index is 0.0650. The standard InChI is InChI=1S/C19H24N2O2/c1-3-21(17-7-5-4-6-8-17)14-13-19(22)20-15-16-9-11-18(23-2)12-10-16/h4-12H,3,13-15H2,1-2H3,(H,20,22). The van der Waals surface area contributed by atoms with Gasteiger partial charge in [0.05, 0.1) is 7.11 Å². The highest BCUT2D eigenvalue weighted by atomic mass is 16.5. The highest BCUT2D eigenvalue weighted by Crippen LogP contribution is 2.13. The van der Waals surface area contributed by atoms with Crippen molar-refractivity contribution in [2.45, 2.75) is 19.9 Å². The maximum absolute atomic E-state index is 12.0. The number of nitrogens with zero attached hydrogens (tertiary/aromatic N) is 1. The van der Waals surface area contributed by atoms with Crippen LogP contribution in [0.2, 0.25) is 0 Å². The van der Waals surface area contributed by atoms with E-state index < -0.39 is 0 Å². The Morgan fingerprint density at radius 1 is 1.09 bits per heavy atom. The summed E-state index contributed by atoms with van der Waals surface area (Å²) in [4.78, 5) is 14.2. The van der Waals surface area contributed by atoms with Gasteiger partial charge in [0.15, 0.2) is 0 Å². The van der Waals surface area contributed by atoms with Gasteiger partial charge in [-0.15, -0.1) is 0 Å². The molecule has 2 aromatic rings. The number of nitrogens with one attached hydrogen (secondary N) is 1. The molecule has 23 heavy (non-hydrogen) atoms. The second-order valence-electron chi connectivity index (χ2n) is 5.29. The van der Waals surface area contributed by atoms with Crippen molar-refractivity contribution in [3.05, 3.63) is 60.2 Å². The van der Waals surface area contributed by atoms with Crippen molar-refractivity contribution in [3.8, 4) is 5.75 Å². The largest absolute Gasteiger partial charge is 0.497 e. The smallest absolute Gasteiger partial charge is 0.222 e. The number of rotatable bonds is 8. The number of benzene rings is 2. The topological polar surface area (TPSA) is 41.6 Å². The van der Waals surface area contributed by atoms with Crippen LogP contribution in [0, 0.1) is 0 Å². The molecule has 1 amide bonds. The van der Waals surface area contributed by atoms with Crippen LogP contribution in [0.5, 0.6) is 5.75 Å². The maximum Gasteiger partial charge on any atom is 0.222 e. The first-order chi connectivity index (χ1) is 11.2. The van der Waals surface area contributed by atoms with E-state index in [2.05, 4.69) is 29.3 Å². The van der Waals surface area contributed by atoms with Gasteiger partial charge in [-0.3, -0.25) is 4.79 Å². The molecule has 2 aromatic carbocycles. The molecule has 0 heterocycles. The van der Waals surface area contributed by atoms with Gasteiger partial charge >= 0.3 is 0 Å². The van der Waals surface area contributed by atoms with E-state index in [-0.39, 0.29) is 5.91 Å². The average Bonchev–Trinajstić information content (AvgIpc) is 2.62. The summed E-state index contributed by atoms with van der Waals surface area (Å²) in [7, 11) is 1.64. The Labute approximate surface area is 138 Å². The zero-order valence-electron chi connectivity index (χ0n) is 13.8. The lowest BCUT2D eigenvalue weighted by atomic mass is 10.2. The van der Waals surface area contributed by atoms with E-state index in [1.54, 1.807) is 7.11 Å². The summed E-state index contributed by atoms with van der Waals surface area (Å²) >= 11 is 0. The van der Waals surface area contributed by atoms with E-state index in [9.17, 15) is 4.79 Å². The van der Waals surface area contributed by atoms with E-state index >= 15 is 0 Å². The molecule has 0 radical (unpaired) electrons. The third-order valence-electron chi connectivity index (χ3n) is 3.76. The van der Waals surface area contributed by atoms with E-state index in [1.165, 1.54) is 0 Å². The van der Waals surface area contributed by atoms with Crippen LogP contribution in [0.3, 0.4) is 0 Å². The number of carbonyl (C=O) groups excluding carboxylic acids is 1. The monoisotopic (exact) mass is 312 g/mol. The number of amides is 1. The molecule has 0 aliphatic carbocycles. The number of carbonyl (C=O) groups is 1. The van der Waals surface area contributed by atoms with Crippen LogP contribution in [0.15, 0.2) is 54.6 Å². The van der Waals surface area contributed by atoms with Crippen molar-refractivity contribution in [3.63, 3.8) is 0 Å². The Kier molecular flexibility index (Phi) is 6.48. The predicted octanol–water partition coefficient (Wildman–Crippen LogP) is 3.23. The minimum atomic E-state index is 0.0650. The van der Waals surface area contributed by atoms with Gasteiger partial charge in [-0.1, -0.05) is 30.3 Å². The summed E-state index contributed by atoms with van der Waals surface area (Å²) in [5.41, 5.74) is 2.22. The minimum Gasteiger partial charge on any atom is -0.497 e. The number of methoxy groups -OCH3 is 1. The summed E-state index contributed by atoms with van der Waals surface area (Å²) in [5, 5.41) is 2.96. The first-order valence-electron chi connectivity index (χ1n) is 7.92. The molecule has 2 rings (SSSR count). The molecule has 0 spiro atoms. The predicted molar refractivity (Wildman–Crippen MR) is 93.8 cm³/mol. The van der Waals surface area contributed by atoms with Crippen molar-refractivity contribution < 1.29 is 9.53 Å². The second kappa shape index (κ2) is 8.83. The molecule has 0 unspecified atom stereocenters. The maximum atomic E-state index is 12.0. The number of anilines is 1. The van der Waals surface area contributed by atoms with Crippen LogP contribution in [0.25, 0.3) is 0 Å². The van der Waals surface area contributed by atoms with E-state index in [1.807, 2.05) is 42.5 Å². The van der Waals surface area contributed by atoms with Gasteiger partial charge in [0.2, 0.25) is 5.91 Å². The molecule has 0 aliphatic rings. The Morgan fingerprint density at radius 2 is 1.78 bits per heavy atom. The van der Waals surface area contributed by atoms with Crippen molar-refractivity contribution in [1.82, 2.24) is 5.32 Å². The number of ether oxygens (including phenoxy) is 1. The second-order valence-corrected chi connectivity index (χ2v) is 5.29. The Balaban J connectivity index is 1.77. The quantitative estimate of drug-likeness (QED) is 0.813. The van der Waals surface area contributed by atoms with Crippen molar-refractivity contribution in [2.75, 3.05) is 25.1 Å². The molecule has 0 saturated carbocycles. The van der Waals surface area contributed by atoms with Gasteiger partial charge in [0, 0.05) is 31.7 Å². The molecule has 0 atom stereocenters. The van der Waals surface area contributed by atoms with Crippen molar-refractivity contribution in [2.24, 2.45) is 0 Å². The van der Waals surface area contributed by atoms with Crippen molar-refractivity contribution >= 4 is 11.6 Å². The Bertz CT molecular complexity index is 597. The zero-order chi connectivity index (χ0) is 16.5. The van der Waals surface area contributed by atoms with Gasteiger partial charge in [-0.2, -0.15) is 0 Å². The fraction of sp³-hybridized carbons (Fsp3) is 0.316. The third-order valence-corrected chi connectivity index (χ3v) is 3.76. The molecule has 0 saturated heterocycles. The Hall–Kier alpha value is -2.49. The molecule has 0 fully saturated rings. The summed E-state index contributed by atoms with van der Waals surface area (Å²) in [6, 6.07) is 17.9. The number of hydrogen-bond donors (Lipinski definition) is 1. The van der Waals surface area contributed by atoms with Crippen molar-refractivity contribution in [1.29, 1.82) is 0 Å². The fourth-order valence-electron chi connectivity index (χ4n) is 2.38. The molecule has 4 nitrogen and oxygen atoms in total. The summed E-state index contributed by atoms with van der Waals surface area (Å²) in [5.74, 6) is 0.886. The van der Waals surface area contributed by atoms with Crippen LogP contribution in [0.1, 0.15) is 18.9 Å².